The van der Waals surface area contributed by atoms with Crippen LogP contribution in [-0.2, 0) is 11.2 Å². The maximum Gasteiger partial charge on any atom is 0.159 e. The zero-order chi connectivity index (χ0) is 23.2. The van der Waals surface area contributed by atoms with E-state index < -0.39 is 0 Å². The molecule has 174 valence electrons. The first-order valence-corrected chi connectivity index (χ1v) is 11.7. The number of benzene rings is 2. The van der Waals surface area contributed by atoms with Gasteiger partial charge in [0, 0.05) is 30.2 Å². The van der Waals surface area contributed by atoms with E-state index in [0.717, 1.165) is 49.5 Å². The van der Waals surface area contributed by atoms with Crippen molar-refractivity contribution in [3.8, 4) is 28.4 Å². The van der Waals surface area contributed by atoms with Gasteiger partial charge in [0.15, 0.2) is 11.6 Å². The van der Waals surface area contributed by atoms with E-state index >= 15 is 4.39 Å². The highest BCUT2D eigenvalue weighted by Crippen LogP contribution is 2.35. The summed E-state index contributed by atoms with van der Waals surface area (Å²) in [7, 11) is 0. The minimum absolute atomic E-state index is 0.178. The minimum atomic E-state index is -0.363. The molecule has 1 fully saturated rings. The summed E-state index contributed by atoms with van der Waals surface area (Å²) in [4.78, 5) is 10.4. The zero-order valence-corrected chi connectivity index (χ0v) is 18.9. The zero-order valence-electron chi connectivity index (χ0n) is 18.9. The first kappa shape index (κ1) is 21.1. The lowest BCUT2D eigenvalue weighted by Gasteiger charge is -2.38. The van der Waals surface area contributed by atoms with Crippen molar-refractivity contribution in [3.63, 3.8) is 0 Å². The van der Waals surface area contributed by atoms with Gasteiger partial charge in [0.25, 0.3) is 0 Å². The predicted molar refractivity (Wildman–Crippen MR) is 129 cm³/mol. The Morgan fingerprint density at radius 3 is 2.79 bits per heavy atom. The van der Waals surface area contributed by atoms with Crippen LogP contribution in [0, 0.1) is 5.82 Å². The molecule has 0 atom stereocenters. The van der Waals surface area contributed by atoms with E-state index in [1.165, 1.54) is 5.57 Å². The second kappa shape index (κ2) is 8.38. The molecule has 8 heteroatoms. The Labute approximate surface area is 196 Å². The van der Waals surface area contributed by atoms with Crippen LogP contribution < -0.4 is 0 Å². The number of aromatic amines is 2. The molecule has 6 rings (SSSR count). The molecule has 1 saturated heterocycles. The number of imidazole rings is 1. The number of phenols is 1. The van der Waals surface area contributed by atoms with E-state index in [2.05, 4.69) is 26.2 Å². The quantitative estimate of drug-likeness (QED) is 0.408. The van der Waals surface area contributed by atoms with E-state index in [9.17, 15) is 5.11 Å². The van der Waals surface area contributed by atoms with Gasteiger partial charge in [0.1, 0.15) is 17.0 Å². The van der Waals surface area contributed by atoms with Crippen LogP contribution in [0.2, 0.25) is 0 Å². The molecule has 34 heavy (non-hydrogen) atoms. The van der Waals surface area contributed by atoms with Gasteiger partial charge in [-0.15, -0.1) is 0 Å². The SMILES string of the molecule is CCc1cc(O)ccc1-c1ccc2c(-c3nc(C4=CCN(C5COC5)CC4)c[nH]3)n[nH]c2c1F. The van der Waals surface area contributed by atoms with Crippen molar-refractivity contribution < 1.29 is 14.2 Å². The average molecular weight is 460 g/mol. The Kier molecular flexibility index (Phi) is 5.19. The Balaban J connectivity index is 1.31. The molecule has 0 bridgehead atoms. The summed E-state index contributed by atoms with van der Waals surface area (Å²) in [6.45, 7) is 5.54. The number of hydrogen-bond acceptors (Lipinski definition) is 5. The maximum absolute atomic E-state index is 15.5. The first-order valence-electron chi connectivity index (χ1n) is 11.7. The van der Waals surface area contributed by atoms with Gasteiger partial charge in [-0.25, -0.2) is 9.37 Å². The first-order chi connectivity index (χ1) is 16.6. The van der Waals surface area contributed by atoms with Crippen molar-refractivity contribution in [1.82, 2.24) is 25.1 Å². The topological polar surface area (TPSA) is 90.1 Å². The molecule has 0 amide bonds. The van der Waals surface area contributed by atoms with Crippen LogP contribution in [-0.4, -0.2) is 62.5 Å². The summed E-state index contributed by atoms with van der Waals surface area (Å²) < 4.78 is 20.9. The molecule has 7 nitrogen and oxygen atoms in total. The summed E-state index contributed by atoms with van der Waals surface area (Å²) in [5, 5.41) is 17.7. The Morgan fingerprint density at radius 2 is 2.06 bits per heavy atom. The molecule has 0 aliphatic carbocycles. The Hall–Kier alpha value is -3.49. The predicted octanol–water partition coefficient (Wildman–Crippen LogP) is 4.52. The molecule has 4 heterocycles. The number of aromatic nitrogens is 4. The van der Waals surface area contributed by atoms with Crippen LogP contribution in [0.25, 0.3) is 39.1 Å². The molecular weight excluding hydrogens is 433 g/mol. The highest BCUT2D eigenvalue weighted by molar-refractivity contribution is 5.94. The third-order valence-corrected chi connectivity index (χ3v) is 6.95. The lowest BCUT2D eigenvalue weighted by molar-refractivity contribution is -0.0612. The van der Waals surface area contributed by atoms with Crippen LogP contribution in [0.15, 0.2) is 42.6 Å². The number of rotatable bonds is 5. The highest BCUT2D eigenvalue weighted by atomic mass is 19.1. The van der Waals surface area contributed by atoms with Gasteiger partial charge in [0.05, 0.1) is 24.9 Å². The largest absolute Gasteiger partial charge is 0.508 e. The number of ether oxygens (including phenoxy) is 1. The van der Waals surface area contributed by atoms with Gasteiger partial charge in [-0.1, -0.05) is 25.1 Å². The fourth-order valence-corrected chi connectivity index (χ4v) is 4.87. The van der Waals surface area contributed by atoms with Crippen LogP contribution >= 0.6 is 0 Å². The number of aromatic hydroxyl groups is 1. The lowest BCUT2D eigenvalue weighted by Crippen LogP contribution is -2.50. The number of nitrogens with one attached hydrogen (secondary N) is 2. The number of nitrogens with zero attached hydrogens (tertiary/aromatic N) is 3. The van der Waals surface area contributed by atoms with Gasteiger partial charge in [-0.05, 0) is 47.7 Å². The summed E-state index contributed by atoms with van der Waals surface area (Å²) in [5.41, 5.74) is 5.19. The maximum atomic E-state index is 15.5. The number of hydrogen-bond donors (Lipinski definition) is 3. The van der Waals surface area contributed by atoms with Crippen molar-refractivity contribution in [3.05, 3.63) is 59.7 Å². The molecule has 0 spiro atoms. The highest BCUT2D eigenvalue weighted by Gasteiger charge is 2.27. The molecule has 0 unspecified atom stereocenters. The van der Waals surface area contributed by atoms with Crippen molar-refractivity contribution in [2.45, 2.75) is 25.8 Å². The molecule has 2 aliphatic rings. The molecule has 2 aliphatic heterocycles. The molecule has 3 N–H and O–H groups in total. The normalized spacial score (nSPS) is 17.2. The van der Waals surface area contributed by atoms with Crippen molar-refractivity contribution >= 4 is 16.5 Å². The van der Waals surface area contributed by atoms with Gasteiger partial charge in [0.2, 0.25) is 0 Å². The second-order valence-electron chi connectivity index (χ2n) is 8.92. The number of aryl methyl sites for hydroxylation is 1. The lowest BCUT2D eigenvalue weighted by atomic mass is 9.96. The standard InChI is InChI=1S/C26H26FN5O2/c1-2-15-11-18(33)3-4-19(15)20-5-6-21-24(23(20)27)30-31-25(21)26-28-12-22(29-26)16-7-9-32(10-8-16)17-13-34-14-17/h3-7,11-12,17,33H,2,8-10,13-14H2,1H3,(H,28,29)(H,30,31). The monoisotopic (exact) mass is 459 g/mol. The molecule has 0 saturated carbocycles. The summed E-state index contributed by atoms with van der Waals surface area (Å²) in [6, 6.07) is 9.21. The van der Waals surface area contributed by atoms with Crippen molar-refractivity contribution in [1.29, 1.82) is 0 Å². The van der Waals surface area contributed by atoms with Gasteiger partial charge in [-0.3, -0.25) is 10.00 Å². The summed E-state index contributed by atoms with van der Waals surface area (Å²) in [6.07, 6.45) is 5.76. The van der Waals surface area contributed by atoms with E-state index in [0.29, 0.717) is 40.4 Å². The summed E-state index contributed by atoms with van der Waals surface area (Å²) >= 11 is 0. The van der Waals surface area contributed by atoms with Crippen LogP contribution in [0.4, 0.5) is 4.39 Å². The van der Waals surface area contributed by atoms with Crippen molar-refractivity contribution in [2.75, 3.05) is 26.3 Å². The van der Waals surface area contributed by atoms with Crippen LogP contribution in [0.5, 0.6) is 5.75 Å². The fourth-order valence-electron chi connectivity index (χ4n) is 4.87. The third kappa shape index (κ3) is 3.50. The van der Waals surface area contributed by atoms with E-state index in [1.807, 2.05) is 19.2 Å². The fraction of sp³-hybridized carbons (Fsp3) is 0.308. The van der Waals surface area contributed by atoms with Gasteiger partial charge >= 0.3 is 0 Å². The summed E-state index contributed by atoms with van der Waals surface area (Å²) in [5.74, 6) is 0.429. The average Bonchev–Trinajstić information content (AvgIpc) is 3.47. The third-order valence-electron chi connectivity index (χ3n) is 6.95. The van der Waals surface area contributed by atoms with E-state index in [4.69, 9.17) is 9.72 Å². The number of halogens is 1. The molecule has 2 aromatic heterocycles. The van der Waals surface area contributed by atoms with Crippen molar-refractivity contribution in [2.24, 2.45) is 0 Å². The van der Waals surface area contributed by atoms with E-state index in [1.54, 1.807) is 24.3 Å². The smallest absolute Gasteiger partial charge is 0.159 e. The number of phenolic OH excluding ortho intramolecular Hbond substituents is 1. The number of H-pyrrole nitrogens is 2. The van der Waals surface area contributed by atoms with Crippen LogP contribution in [0.3, 0.4) is 0 Å². The minimum Gasteiger partial charge on any atom is -0.508 e. The van der Waals surface area contributed by atoms with Gasteiger partial charge in [-0.2, -0.15) is 5.10 Å². The molecular formula is C26H26FN5O2. The Bertz CT molecular complexity index is 1400. The van der Waals surface area contributed by atoms with Crippen LogP contribution in [0.1, 0.15) is 24.6 Å². The van der Waals surface area contributed by atoms with E-state index in [-0.39, 0.29) is 11.6 Å². The molecule has 0 radical (unpaired) electrons. The second-order valence-corrected chi connectivity index (χ2v) is 8.92. The van der Waals surface area contributed by atoms with Gasteiger partial charge < -0.3 is 14.8 Å². The molecule has 2 aromatic carbocycles. The molecule has 4 aromatic rings. The number of fused-ring (bicyclic) bond motifs is 1. The Morgan fingerprint density at radius 1 is 1.21 bits per heavy atom.